The molecule has 0 saturated heterocycles. The van der Waals surface area contributed by atoms with Gasteiger partial charge in [-0.05, 0) is 12.5 Å². The molecular formula is C12H13N3O2. The van der Waals surface area contributed by atoms with E-state index in [2.05, 4.69) is 9.84 Å². The van der Waals surface area contributed by atoms with Crippen molar-refractivity contribution in [3.8, 4) is 11.1 Å². The number of ether oxygens (including phenoxy) is 1. The summed E-state index contributed by atoms with van der Waals surface area (Å²) < 4.78 is 5.67. The number of hydrogen-bond donors (Lipinski definition) is 1. The first kappa shape index (κ1) is 11.2. The molecule has 0 aliphatic carbocycles. The molecule has 0 saturated carbocycles. The zero-order chi connectivity index (χ0) is 12.4. The van der Waals surface area contributed by atoms with Crippen molar-refractivity contribution < 1.29 is 9.53 Å². The van der Waals surface area contributed by atoms with E-state index in [0.29, 0.717) is 11.5 Å². The lowest BCUT2D eigenvalue weighted by atomic mass is 10.1. The summed E-state index contributed by atoms with van der Waals surface area (Å²) >= 11 is 0. The second-order valence-corrected chi connectivity index (χ2v) is 3.59. The summed E-state index contributed by atoms with van der Waals surface area (Å²) in [5.74, 6) is 0.292. The van der Waals surface area contributed by atoms with Gasteiger partial charge in [-0.15, -0.1) is 4.68 Å². The monoisotopic (exact) mass is 231 g/mol. The average molecular weight is 231 g/mol. The topological polar surface area (TPSA) is 70.1 Å². The molecule has 0 aliphatic heterocycles. The molecule has 1 aromatic carbocycles. The Morgan fingerprint density at radius 3 is 2.59 bits per heavy atom. The van der Waals surface area contributed by atoms with Gasteiger partial charge in [-0.25, -0.2) is 4.79 Å². The molecule has 0 bridgehead atoms. The lowest BCUT2D eigenvalue weighted by Crippen LogP contribution is -2.15. The van der Waals surface area contributed by atoms with Gasteiger partial charge in [0, 0.05) is 5.56 Å². The van der Waals surface area contributed by atoms with Crippen molar-refractivity contribution >= 4 is 11.9 Å². The molecule has 1 aromatic heterocycles. The Bertz CT molecular complexity index is 546. The lowest BCUT2D eigenvalue weighted by molar-refractivity contribution is 0.170. The van der Waals surface area contributed by atoms with Gasteiger partial charge in [-0.1, -0.05) is 30.3 Å². The number of methoxy groups -OCH3 is 1. The summed E-state index contributed by atoms with van der Waals surface area (Å²) in [6, 6.07) is 9.57. The summed E-state index contributed by atoms with van der Waals surface area (Å²) in [6.07, 6.45) is -0.590. The quantitative estimate of drug-likeness (QED) is 0.815. The molecule has 0 radical (unpaired) electrons. The van der Waals surface area contributed by atoms with E-state index in [4.69, 9.17) is 5.73 Å². The molecule has 0 atom stereocenters. The highest BCUT2D eigenvalue weighted by Gasteiger charge is 2.18. The normalized spacial score (nSPS) is 10.2. The fourth-order valence-corrected chi connectivity index (χ4v) is 1.73. The molecule has 0 amide bonds. The van der Waals surface area contributed by atoms with Gasteiger partial charge in [0.15, 0.2) is 0 Å². The third kappa shape index (κ3) is 1.87. The summed E-state index contributed by atoms with van der Waals surface area (Å²) in [4.78, 5) is 11.4. The van der Waals surface area contributed by atoms with Crippen LogP contribution in [0, 0.1) is 6.92 Å². The van der Waals surface area contributed by atoms with Gasteiger partial charge >= 0.3 is 6.09 Å². The number of aromatic nitrogens is 2. The van der Waals surface area contributed by atoms with Gasteiger partial charge in [0.05, 0.1) is 12.8 Å². The van der Waals surface area contributed by atoms with Crippen molar-refractivity contribution in [2.45, 2.75) is 6.92 Å². The minimum absolute atomic E-state index is 0.292. The Labute approximate surface area is 98.8 Å². The second kappa shape index (κ2) is 4.29. The molecular weight excluding hydrogens is 218 g/mol. The van der Waals surface area contributed by atoms with Crippen molar-refractivity contribution in [2.24, 2.45) is 0 Å². The van der Waals surface area contributed by atoms with E-state index in [1.807, 2.05) is 30.3 Å². The maximum atomic E-state index is 11.4. The largest absolute Gasteiger partial charge is 0.451 e. The number of anilines is 1. The zero-order valence-electron chi connectivity index (χ0n) is 9.68. The van der Waals surface area contributed by atoms with Crippen molar-refractivity contribution in [3.63, 3.8) is 0 Å². The number of nitrogens with two attached hydrogens (primary N) is 1. The Balaban J connectivity index is 2.57. The van der Waals surface area contributed by atoms with Crippen molar-refractivity contribution in [2.75, 3.05) is 12.8 Å². The second-order valence-electron chi connectivity index (χ2n) is 3.59. The molecule has 2 rings (SSSR count). The summed E-state index contributed by atoms with van der Waals surface area (Å²) in [5.41, 5.74) is 8.29. The van der Waals surface area contributed by atoms with Gasteiger partial charge < -0.3 is 10.5 Å². The summed E-state index contributed by atoms with van der Waals surface area (Å²) in [7, 11) is 1.29. The first-order chi connectivity index (χ1) is 8.15. The predicted molar refractivity (Wildman–Crippen MR) is 64.6 cm³/mol. The van der Waals surface area contributed by atoms with E-state index in [9.17, 15) is 4.79 Å². The fourth-order valence-electron chi connectivity index (χ4n) is 1.73. The van der Waals surface area contributed by atoms with Gasteiger partial charge in [-0.3, -0.25) is 0 Å². The summed E-state index contributed by atoms with van der Waals surface area (Å²) in [6.45, 7) is 1.80. The van der Waals surface area contributed by atoms with Crippen LogP contribution in [-0.4, -0.2) is 23.0 Å². The predicted octanol–water partition coefficient (Wildman–Crippen LogP) is 2.06. The SMILES string of the molecule is COC(=O)n1nc(C)c(-c2ccccc2)c1N. The van der Waals surface area contributed by atoms with Crippen LogP contribution in [0.3, 0.4) is 0 Å². The number of carbonyl (C=O) groups excluding carboxylic acids is 1. The van der Waals surface area contributed by atoms with Crippen LogP contribution in [0.2, 0.25) is 0 Å². The van der Waals surface area contributed by atoms with Gasteiger partial charge in [0.2, 0.25) is 0 Å². The average Bonchev–Trinajstić information content (AvgIpc) is 2.65. The highest BCUT2D eigenvalue weighted by Crippen LogP contribution is 2.28. The first-order valence-corrected chi connectivity index (χ1v) is 5.14. The standard InChI is InChI=1S/C12H13N3O2/c1-8-10(9-6-4-3-5-7-9)11(13)15(14-8)12(16)17-2/h3-7H,13H2,1-2H3. The number of nitrogens with zero attached hydrogens (tertiary/aromatic N) is 2. The molecule has 0 spiro atoms. The Kier molecular flexibility index (Phi) is 2.82. The van der Waals surface area contributed by atoms with Crippen molar-refractivity contribution in [3.05, 3.63) is 36.0 Å². The molecule has 2 N–H and O–H groups in total. The van der Waals surface area contributed by atoms with Crippen molar-refractivity contribution in [1.82, 2.24) is 9.78 Å². The Morgan fingerprint density at radius 1 is 1.35 bits per heavy atom. The Morgan fingerprint density at radius 2 is 2.00 bits per heavy atom. The molecule has 2 aromatic rings. The Hall–Kier alpha value is -2.30. The third-order valence-corrected chi connectivity index (χ3v) is 2.51. The molecule has 88 valence electrons. The molecule has 0 fully saturated rings. The van der Waals surface area contributed by atoms with Crippen LogP contribution in [0.1, 0.15) is 5.69 Å². The van der Waals surface area contributed by atoms with Crippen LogP contribution in [0.5, 0.6) is 0 Å². The highest BCUT2D eigenvalue weighted by molar-refractivity contribution is 5.83. The number of nitrogen functional groups attached to an aromatic ring is 1. The van der Waals surface area contributed by atoms with E-state index in [0.717, 1.165) is 15.8 Å². The lowest BCUT2D eigenvalue weighted by Gasteiger charge is -2.02. The van der Waals surface area contributed by atoms with Crippen LogP contribution >= 0.6 is 0 Å². The fraction of sp³-hybridized carbons (Fsp3) is 0.167. The third-order valence-electron chi connectivity index (χ3n) is 2.51. The number of rotatable bonds is 1. The van der Waals surface area contributed by atoms with Crippen LogP contribution in [0.15, 0.2) is 30.3 Å². The van der Waals surface area contributed by atoms with Crippen LogP contribution < -0.4 is 5.73 Å². The number of benzene rings is 1. The van der Waals surface area contributed by atoms with Crippen LogP contribution in [0.4, 0.5) is 10.6 Å². The van der Waals surface area contributed by atoms with E-state index in [-0.39, 0.29) is 0 Å². The molecule has 0 aliphatic rings. The van der Waals surface area contributed by atoms with Crippen LogP contribution in [-0.2, 0) is 4.74 Å². The van der Waals surface area contributed by atoms with E-state index < -0.39 is 6.09 Å². The zero-order valence-corrected chi connectivity index (χ0v) is 9.68. The minimum atomic E-state index is -0.590. The molecule has 17 heavy (non-hydrogen) atoms. The number of carbonyl (C=O) groups is 1. The molecule has 5 heteroatoms. The molecule has 0 unspecified atom stereocenters. The highest BCUT2D eigenvalue weighted by atomic mass is 16.5. The maximum absolute atomic E-state index is 11.4. The smallest absolute Gasteiger partial charge is 0.436 e. The first-order valence-electron chi connectivity index (χ1n) is 5.14. The van der Waals surface area contributed by atoms with E-state index in [1.54, 1.807) is 6.92 Å². The van der Waals surface area contributed by atoms with E-state index in [1.165, 1.54) is 7.11 Å². The summed E-state index contributed by atoms with van der Waals surface area (Å²) in [5, 5.41) is 4.07. The number of hydrogen-bond acceptors (Lipinski definition) is 4. The van der Waals surface area contributed by atoms with Crippen LogP contribution in [0.25, 0.3) is 11.1 Å². The van der Waals surface area contributed by atoms with E-state index >= 15 is 0 Å². The molecule has 1 heterocycles. The van der Waals surface area contributed by atoms with Gasteiger partial charge in [0.1, 0.15) is 5.82 Å². The van der Waals surface area contributed by atoms with Gasteiger partial charge in [0.25, 0.3) is 0 Å². The molecule has 5 nitrogen and oxygen atoms in total. The number of aryl methyl sites for hydroxylation is 1. The maximum Gasteiger partial charge on any atom is 0.436 e. The van der Waals surface area contributed by atoms with Gasteiger partial charge in [-0.2, -0.15) is 5.10 Å². The van der Waals surface area contributed by atoms with Crippen molar-refractivity contribution in [1.29, 1.82) is 0 Å². The minimum Gasteiger partial charge on any atom is -0.451 e.